The van der Waals surface area contributed by atoms with E-state index in [1.165, 1.54) is 11.8 Å². The molecule has 0 aliphatic heterocycles. The second kappa shape index (κ2) is 8.80. The average molecular weight is 416 g/mol. The lowest BCUT2D eigenvalue weighted by atomic mass is 10.1. The van der Waals surface area contributed by atoms with Gasteiger partial charge in [-0.15, -0.1) is 0 Å². The first-order chi connectivity index (χ1) is 13.3. The molecule has 0 atom stereocenters. The lowest BCUT2D eigenvalue weighted by Crippen LogP contribution is -2.24. The molecule has 2 aromatic carbocycles. The Bertz CT molecular complexity index is 1080. The molecule has 0 spiro atoms. The number of aromatic nitrogens is 2. The lowest BCUT2D eigenvalue weighted by molar-refractivity contribution is 0.1000. The van der Waals surface area contributed by atoms with Crippen LogP contribution in [-0.4, -0.2) is 15.5 Å². The monoisotopic (exact) mass is 415 g/mol. The van der Waals surface area contributed by atoms with Gasteiger partial charge in [0.15, 0.2) is 5.16 Å². The largest absolute Gasteiger partial charge is 0.366 e. The molecule has 1 heterocycles. The maximum atomic E-state index is 13.0. The van der Waals surface area contributed by atoms with Gasteiger partial charge in [0, 0.05) is 22.9 Å². The fourth-order valence-electron chi connectivity index (χ4n) is 2.83. The highest BCUT2D eigenvalue weighted by Crippen LogP contribution is 2.24. The molecular weight excluding hydrogens is 394 g/mol. The highest BCUT2D eigenvalue weighted by molar-refractivity contribution is 7.98. The number of halogens is 1. The van der Waals surface area contributed by atoms with E-state index >= 15 is 0 Å². The maximum Gasteiger partial charge on any atom is 0.262 e. The molecule has 5 nitrogen and oxygen atoms in total. The number of hydrogen-bond acceptors (Lipinski definition) is 4. The highest BCUT2D eigenvalue weighted by atomic mass is 35.5. The second-order valence-electron chi connectivity index (χ2n) is 7.05. The van der Waals surface area contributed by atoms with Crippen LogP contribution in [0.1, 0.15) is 36.2 Å². The normalized spacial score (nSPS) is 11.3. The Hall–Kier alpha value is -2.31. The van der Waals surface area contributed by atoms with Crippen LogP contribution in [0, 0.1) is 5.92 Å². The summed E-state index contributed by atoms with van der Waals surface area (Å²) in [4.78, 5) is 29.1. The van der Waals surface area contributed by atoms with E-state index in [9.17, 15) is 9.59 Å². The number of fused-ring (bicyclic) bond motifs is 1. The van der Waals surface area contributed by atoms with Crippen molar-refractivity contribution < 1.29 is 4.79 Å². The molecule has 3 aromatic rings. The van der Waals surface area contributed by atoms with Crippen molar-refractivity contribution in [3.8, 4) is 0 Å². The van der Waals surface area contributed by atoms with E-state index in [0.29, 0.717) is 44.9 Å². The summed E-state index contributed by atoms with van der Waals surface area (Å²) in [5.41, 5.74) is 7.30. The molecule has 28 heavy (non-hydrogen) atoms. The van der Waals surface area contributed by atoms with Crippen molar-refractivity contribution in [1.29, 1.82) is 0 Å². The lowest BCUT2D eigenvalue weighted by Gasteiger charge is -2.14. The predicted octanol–water partition coefficient (Wildman–Crippen LogP) is 4.49. The van der Waals surface area contributed by atoms with E-state index in [2.05, 4.69) is 13.8 Å². The fourth-order valence-corrected chi connectivity index (χ4v) is 3.97. The SMILES string of the molecule is CC(C)CCn1c(SCc2cccc(C(N)=O)c2)nc2cc(Cl)ccc2c1=O. The summed E-state index contributed by atoms with van der Waals surface area (Å²) in [5, 5.41) is 1.75. The Balaban J connectivity index is 1.97. The Morgan fingerprint density at radius 2 is 2.04 bits per heavy atom. The number of nitrogens with zero attached hydrogens (tertiary/aromatic N) is 2. The predicted molar refractivity (Wildman–Crippen MR) is 115 cm³/mol. The first kappa shape index (κ1) is 20.4. The number of primary amides is 1. The van der Waals surface area contributed by atoms with Crippen molar-refractivity contribution in [1.82, 2.24) is 9.55 Å². The van der Waals surface area contributed by atoms with Gasteiger partial charge in [0.1, 0.15) is 0 Å². The van der Waals surface area contributed by atoms with E-state index in [1.807, 2.05) is 6.07 Å². The quantitative estimate of drug-likeness (QED) is 0.455. The molecule has 146 valence electrons. The van der Waals surface area contributed by atoms with Crippen molar-refractivity contribution in [3.63, 3.8) is 0 Å². The summed E-state index contributed by atoms with van der Waals surface area (Å²) < 4.78 is 1.73. The van der Waals surface area contributed by atoms with E-state index in [4.69, 9.17) is 22.3 Å². The van der Waals surface area contributed by atoms with E-state index in [-0.39, 0.29) is 5.56 Å². The topological polar surface area (TPSA) is 78.0 Å². The molecule has 0 fully saturated rings. The molecule has 0 saturated heterocycles. The number of rotatable bonds is 7. The summed E-state index contributed by atoms with van der Waals surface area (Å²) in [6, 6.07) is 12.3. The number of nitrogens with two attached hydrogens (primary N) is 1. The molecular formula is C21H22ClN3O2S. The third kappa shape index (κ3) is 4.75. The van der Waals surface area contributed by atoms with Crippen LogP contribution in [0.2, 0.25) is 5.02 Å². The van der Waals surface area contributed by atoms with Gasteiger partial charge in [0.2, 0.25) is 5.91 Å². The zero-order chi connectivity index (χ0) is 20.3. The van der Waals surface area contributed by atoms with Gasteiger partial charge in [0.05, 0.1) is 10.9 Å². The van der Waals surface area contributed by atoms with Crippen molar-refractivity contribution in [2.24, 2.45) is 11.7 Å². The zero-order valence-electron chi connectivity index (χ0n) is 15.8. The van der Waals surface area contributed by atoms with Gasteiger partial charge in [-0.3, -0.25) is 14.2 Å². The Labute approximate surface area is 172 Å². The Morgan fingerprint density at radius 3 is 2.75 bits per heavy atom. The number of hydrogen-bond donors (Lipinski definition) is 1. The van der Waals surface area contributed by atoms with Gasteiger partial charge < -0.3 is 5.73 Å². The first-order valence-corrected chi connectivity index (χ1v) is 10.4. The van der Waals surface area contributed by atoms with Gasteiger partial charge >= 0.3 is 0 Å². The van der Waals surface area contributed by atoms with Crippen LogP contribution in [0.5, 0.6) is 0 Å². The smallest absolute Gasteiger partial charge is 0.262 e. The number of amides is 1. The van der Waals surface area contributed by atoms with Crippen LogP contribution < -0.4 is 11.3 Å². The van der Waals surface area contributed by atoms with Gasteiger partial charge in [-0.1, -0.05) is 49.3 Å². The van der Waals surface area contributed by atoms with Crippen LogP contribution >= 0.6 is 23.4 Å². The summed E-state index contributed by atoms with van der Waals surface area (Å²) in [7, 11) is 0. The van der Waals surface area contributed by atoms with Crippen LogP contribution in [0.4, 0.5) is 0 Å². The molecule has 0 aliphatic carbocycles. The first-order valence-electron chi connectivity index (χ1n) is 9.07. The molecule has 0 unspecified atom stereocenters. The van der Waals surface area contributed by atoms with Crippen molar-refractivity contribution in [2.45, 2.75) is 37.7 Å². The molecule has 1 aromatic heterocycles. The molecule has 3 rings (SSSR count). The number of thioether (sulfide) groups is 1. The van der Waals surface area contributed by atoms with Gasteiger partial charge in [-0.25, -0.2) is 4.98 Å². The van der Waals surface area contributed by atoms with Crippen LogP contribution in [0.3, 0.4) is 0 Å². The fraction of sp³-hybridized carbons (Fsp3) is 0.286. The zero-order valence-corrected chi connectivity index (χ0v) is 17.4. The van der Waals surface area contributed by atoms with Gasteiger partial charge in [-0.05, 0) is 48.2 Å². The average Bonchev–Trinajstić information content (AvgIpc) is 2.65. The highest BCUT2D eigenvalue weighted by Gasteiger charge is 2.13. The minimum absolute atomic E-state index is 0.0595. The summed E-state index contributed by atoms with van der Waals surface area (Å²) >= 11 is 7.55. The number of carbonyl (C=O) groups is 1. The van der Waals surface area contributed by atoms with Gasteiger partial charge in [0.25, 0.3) is 5.56 Å². The third-order valence-corrected chi connectivity index (χ3v) is 5.67. The molecule has 1 amide bonds. The van der Waals surface area contributed by atoms with Crippen molar-refractivity contribution >= 4 is 40.2 Å². The molecule has 7 heteroatoms. The standard InChI is InChI=1S/C21H22ClN3O2S/c1-13(2)8-9-25-20(27)17-7-6-16(22)11-18(17)24-21(25)28-12-14-4-3-5-15(10-14)19(23)26/h3-7,10-11,13H,8-9,12H2,1-2H3,(H2,23,26). The van der Waals surface area contributed by atoms with E-state index in [1.54, 1.807) is 41.0 Å². The molecule has 0 aliphatic rings. The molecule has 0 saturated carbocycles. The second-order valence-corrected chi connectivity index (χ2v) is 8.43. The molecule has 2 N–H and O–H groups in total. The molecule has 0 radical (unpaired) electrons. The van der Waals surface area contributed by atoms with Crippen molar-refractivity contribution in [2.75, 3.05) is 0 Å². The van der Waals surface area contributed by atoms with Crippen LogP contribution in [-0.2, 0) is 12.3 Å². The van der Waals surface area contributed by atoms with Crippen LogP contribution in [0.15, 0.2) is 52.4 Å². The summed E-state index contributed by atoms with van der Waals surface area (Å²) in [6.07, 6.45) is 0.880. The number of carbonyl (C=O) groups excluding carboxylic acids is 1. The van der Waals surface area contributed by atoms with Crippen LogP contribution in [0.25, 0.3) is 10.9 Å². The summed E-state index contributed by atoms with van der Waals surface area (Å²) in [6.45, 7) is 4.86. The van der Waals surface area contributed by atoms with Crippen molar-refractivity contribution in [3.05, 3.63) is 69.0 Å². The minimum Gasteiger partial charge on any atom is -0.366 e. The summed E-state index contributed by atoms with van der Waals surface area (Å²) in [5.74, 6) is 0.582. The van der Waals surface area contributed by atoms with E-state index < -0.39 is 5.91 Å². The molecule has 0 bridgehead atoms. The Morgan fingerprint density at radius 1 is 1.25 bits per heavy atom. The minimum atomic E-state index is -0.459. The maximum absolute atomic E-state index is 13.0. The van der Waals surface area contributed by atoms with Gasteiger partial charge in [-0.2, -0.15) is 0 Å². The Kier molecular flexibility index (Phi) is 6.42. The third-order valence-electron chi connectivity index (χ3n) is 4.39. The number of benzene rings is 2. The van der Waals surface area contributed by atoms with E-state index in [0.717, 1.165) is 12.0 Å².